The van der Waals surface area contributed by atoms with Gasteiger partial charge in [-0.15, -0.1) is 0 Å². The predicted octanol–water partition coefficient (Wildman–Crippen LogP) is -0.391. The van der Waals surface area contributed by atoms with Crippen molar-refractivity contribution in [3.8, 4) is 0 Å². The van der Waals surface area contributed by atoms with Crippen molar-refractivity contribution in [1.82, 2.24) is 19.9 Å². The number of aliphatic hydroxyl groups is 3. The number of rotatable bonds is 6. The first-order chi connectivity index (χ1) is 16.5. The van der Waals surface area contributed by atoms with Crippen molar-refractivity contribution in [3.05, 3.63) is 24.2 Å². The molecule has 1 fully saturated rings. The number of nitrogens with one attached hydrogen (secondary N) is 2. The van der Waals surface area contributed by atoms with Gasteiger partial charge >= 0.3 is 12.1 Å². The summed E-state index contributed by atoms with van der Waals surface area (Å²) in [6.07, 6.45) is -0.877. The highest BCUT2D eigenvalue weighted by molar-refractivity contribution is 6.14. The van der Waals surface area contributed by atoms with Gasteiger partial charge in [0.15, 0.2) is 6.23 Å². The average Bonchev–Trinajstić information content (AvgIpc) is 3.23. The Hall–Kier alpha value is -3.59. The normalized spacial score (nSPS) is 25.7. The number of esters is 1. The topological polar surface area (TPSA) is 194 Å². The molecule has 2 unspecified atom stereocenters. The largest absolute Gasteiger partial charge is 0.428 e. The van der Waals surface area contributed by atoms with Gasteiger partial charge in [-0.25, -0.2) is 14.8 Å². The van der Waals surface area contributed by atoms with Crippen LogP contribution in [-0.2, 0) is 23.8 Å². The van der Waals surface area contributed by atoms with Crippen molar-refractivity contribution < 1.29 is 43.9 Å². The minimum absolute atomic E-state index is 0.0110. The maximum atomic E-state index is 12.4. The lowest BCUT2D eigenvalue weighted by Gasteiger charge is -2.27. The number of alkyl carbamates (subject to hydrolysis) is 1. The van der Waals surface area contributed by atoms with Crippen molar-refractivity contribution >= 4 is 40.5 Å². The first-order valence-electron chi connectivity index (χ1n) is 10.7. The predicted molar refractivity (Wildman–Crippen MR) is 117 cm³/mol. The van der Waals surface area contributed by atoms with Crippen molar-refractivity contribution in [2.45, 2.75) is 44.8 Å². The van der Waals surface area contributed by atoms with Crippen LogP contribution in [0.15, 0.2) is 18.6 Å². The maximum absolute atomic E-state index is 12.4. The Labute approximate surface area is 198 Å². The van der Waals surface area contributed by atoms with Crippen LogP contribution in [0.25, 0.3) is 16.7 Å². The number of aliphatic hydroxyl groups excluding tert-OH is 2. The summed E-state index contributed by atoms with van der Waals surface area (Å²) >= 11 is 0. The number of carbonyl (C=O) groups excluding carboxylic acids is 3. The summed E-state index contributed by atoms with van der Waals surface area (Å²) in [5, 5.41) is 36.2. The molecule has 0 saturated carbocycles. The van der Waals surface area contributed by atoms with Crippen molar-refractivity contribution in [2.24, 2.45) is 5.92 Å². The van der Waals surface area contributed by atoms with Crippen LogP contribution < -0.4 is 10.6 Å². The Morgan fingerprint density at radius 3 is 2.74 bits per heavy atom. The average molecular weight is 491 g/mol. The second-order valence-corrected chi connectivity index (χ2v) is 8.59. The first-order valence-corrected chi connectivity index (χ1v) is 10.7. The van der Waals surface area contributed by atoms with Crippen LogP contribution in [0.1, 0.15) is 32.6 Å². The molecule has 14 heteroatoms. The summed E-state index contributed by atoms with van der Waals surface area (Å²) in [6, 6.07) is 0. The second kappa shape index (κ2) is 9.22. The summed E-state index contributed by atoms with van der Waals surface area (Å²) in [5.74, 6) is -1.41. The minimum atomic E-state index is -1.81. The Morgan fingerprint density at radius 1 is 1.34 bits per heavy atom. The number of hydrogen-bond donors (Lipinski definition) is 5. The van der Waals surface area contributed by atoms with E-state index in [1.807, 2.05) is 0 Å². The van der Waals surface area contributed by atoms with E-state index < -0.39 is 61.3 Å². The van der Waals surface area contributed by atoms with Gasteiger partial charge in [-0.1, -0.05) is 13.8 Å². The van der Waals surface area contributed by atoms with Crippen LogP contribution in [-0.4, -0.2) is 79.0 Å². The van der Waals surface area contributed by atoms with Crippen molar-refractivity contribution in [2.75, 3.05) is 18.7 Å². The van der Waals surface area contributed by atoms with Crippen LogP contribution in [0.5, 0.6) is 0 Å². The molecule has 4 rings (SSSR count). The van der Waals surface area contributed by atoms with Crippen LogP contribution in [0.3, 0.4) is 0 Å². The number of carbonyl (C=O) groups is 3. The number of nitrogens with zero attached hydrogens (tertiary/aromatic N) is 3. The van der Waals surface area contributed by atoms with E-state index >= 15 is 0 Å². The Morgan fingerprint density at radius 2 is 2.09 bits per heavy atom. The number of aromatic nitrogens is 3. The molecule has 0 spiro atoms. The van der Waals surface area contributed by atoms with Crippen LogP contribution in [0.4, 0.5) is 10.6 Å². The summed E-state index contributed by atoms with van der Waals surface area (Å²) in [5.41, 5.74) is -1.30. The quantitative estimate of drug-likeness (QED) is 0.261. The third-order valence-electron chi connectivity index (χ3n) is 5.70. The van der Waals surface area contributed by atoms with E-state index in [0.29, 0.717) is 5.39 Å². The molecule has 0 aromatic carbocycles. The summed E-state index contributed by atoms with van der Waals surface area (Å²) in [4.78, 5) is 44.6. The van der Waals surface area contributed by atoms with Crippen LogP contribution in [0, 0.1) is 5.92 Å². The van der Waals surface area contributed by atoms with E-state index in [2.05, 4.69) is 20.6 Å². The van der Waals surface area contributed by atoms with Gasteiger partial charge in [0.2, 0.25) is 6.79 Å². The zero-order chi connectivity index (χ0) is 25.5. The fourth-order valence-electron chi connectivity index (χ4n) is 3.87. The van der Waals surface area contributed by atoms with Gasteiger partial charge in [-0.3, -0.25) is 14.9 Å². The lowest BCUT2D eigenvalue weighted by Crippen LogP contribution is -2.44. The van der Waals surface area contributed by atoms with E-state index in [1.54, 1.807) is 13.8 Å². The molecule has 4 atom stereocenters. The zero-order valence-electron chi connectivity index (χ0n) is 19.1. The molecule has 2 aromatic heterocycles. The van der Waals surface area contributed by atoms with Crippen molar-refractivity contribution in [3.63, 3.8) is 0 Å². The summed E-state index contributed by atoms with van der Waals surface area (Å²) < 4.78 is 16.8. The fraction of sp³-hybridized carbons (Fsp3) is 0.476. The first kappa shape index (κ1) is 24.5. The molecule has 1 saturated heterocycles. The summed E-state index contributed by atoms with van der Waals surface area (Å²) in [7, 11) is 0. The molecule has 0 bridgehead atoms. The monoisotopic (exact) mass is 491 g/mol. The van der Waals surface area contributed by atoms with E-state index in [-0.39, 0.29) is 22.7 Å². The van der Waals surface area contributed by atoms with Gasteiger partial charge in [0.05, 0.1) is 23.6 Å². The maximum Gasteiger partial charge on any atom is 0.414 e. The van der Waals surface area contributed by atoms with Gasteiger partial charge in [0, 0.05) is 17.8 Å². The minimum Gasteiger partial charge on any atom is -0.428 e. The van der Waals surface area contributed by atoms with Gasteiger partial charge in [-0.05, 0) is 6.92 Å². The van der Waals surface area contributed by atoms with E-state index in [9.17, 15) is 29.7 Å². The van der Waals surface area contributed by atoms with Gasteiger partial charge in [-0.2, -0.15) is 0 Å². The van der Waals surface area contributed by atoms with E-state index in [4.69, 9.17) is 14.2 Å². The van der Waals surface area contributed by atoms with Gasteiger partial charge < -0.3 is 39.4 Å². The van der Waals surface area contributed by atoms with Crippen LogP contribution in [0.2, 0.25) is 0 Å². The Kier molecular flexibility index (Phi) is 6.46. The molecule has 188 valence electrons. The zero-order valence-corrected chi connectivity index (χ0v) is 19.1. The third kappa shape index (κ3) is 4.43. The fourth-order valence-corrected chi connectivity index (χ4v) is 3.87. The number of ether oxygens (including phenoxy) is 3. The number of amides is 2. The van der Waals surface area contributed by atoms with Gasteiger partial charge in [0.1, 0.15) is 35.6 Å². The standard InChI is InChI=1S/C21H25N5O9/c1-9(2)18(30)33-8-34-20(31)24-11-4-13(28)25-16-14-10(11)5-26(17(14)23-7-22-16)19-21(3,32)15(29)12(6-27)35-19/h4-5,7,9,12,15,19,27,29,32H,6,8H2,1-3H3,(H,24,31)(H,22,23,25,28)/t12-,15-,19?,21?/m1/s1. The highest BCUT2D eigenvalue weighted by Gasteiger charge is 2.53. The highest BCUT2D eigenvalue weighted by atomic mass is 16.7. The molecule has 2 aliphatic rings. The molecule has 2 aromatic rings. The molecule has 35 heavy (non-hydrogen) atoms. The van der Waals surface area contributed by atoms with Gasteiger partial charge in [0.25, 0.3) is 5.91 Å². The van der Waals surface area contributed by atoms with Crippen LogP contribution >= 0.6 is 0 Å². The molecule has 5 N–H and O–H groups in total. The molecule has 2 aliphatic heterocycles. The molecular weight excluding hydrogens is 466 g/mol. The van der Waals surface area contributed by atoms with E-state index in [1.165, 1.54) is 24.0 Å². The molecule has 14 nitrogen and oxygen atoms in total. The summed E-state index contributed by atoms with van der Waals surface area (Å²) in [6.45, 7) is 3.44. The highest BCUT2D eigenvalue weighted by Crippen LogP contribution is 2.42. The smallest absolute Gasteiger partial charge is 0.414 e. The second-order valence-electron chi connectivity index (χ2n) is 8.59. The van der Waals surface area contributed by atoms with Crippen molar-refractivity contribution in [1.29, 1.82) is 0 Å². The molecular formula is C21H25N5O9. The molecule has 2 amide bonds. The Balaban J connectivity index is 1.68. The molecule has 4 heterocycles. The SMILES string of the molecule is CC(C)C(=O)OCOC(=O)NC1=CC(=O)Nc2ncnc3c2c1cn3C1O[C@H](CO)[C@@H](O)C1(C)O. The molecule has 0 aliphatic carbocycles. The third-order valence-corrected chi connectivity index (χ3v) is 5.70. The number of hydrogen-bond acceptors (Lipinski definition) is 11. The van der Waals surface area contributed by atoms with E-state index in [0.717, 1.165) is 6.08 Å². The Bertz CT molecular complexity index is 1210. The lowest BCUT2D eigenvalue weighted by atomic mass is 9.96. The lowest BCUT2D eigenvalue weighted by molar-refractivity contribution is -0.155. The number of anilines is 1. The molecule has 0 radical (unpaired) electrons.